The van der Waals surface area contributed by atoms with Gasteiger partial charge in [0.15, 0.2) is 0 Å². The summed E-state index contributed by atoms with van der Waals surface area (Å²) >= 11 is 0. The van der Waals surface area contributed by atoms with Crippen LogP contribution in [-0.2, 0) is 14.3 Å². The van der Waals surface area contributed by atoms with Crippen molar-refractivity contribution in [3.05, 3.63) is 0 Å². The van der Waals surface area contributed by atoms with E-state index in [1.54, 1.807) is 0 Å². The Hall–Kier alpha value is -1.83. The molecule has 108 valence electrons. The molecule has 0 aromatic carbocycles. The van der Waals surface area contributed by atoms with E-state index >= 15 is 0 Å². The lowest BCUT2D eigenvalue weighted by Gasteiger charge is -2.10. The first-order valence-electron chi connectivity index (χ1n) is 6.19. The Labute approximate surface area is 110 Å². The van der Waals surface area contributed by atoms with Gasteiger partial charge < -0.3 is 25.8 Å². The fraction of sp³-hybridized carbons (Fsp3) is 0.727. The van der Waals surface area contributed by atoms with Crippen LogP contribution in [0.1, 0.15) is 19.3 Å². The zero-order valence-corrected chi connectivity index (χ0v) is 10.6. The number of carboxylic acids is 1. The van der Waals surface area contributed by atoms with Crippen molar-refractivity contribution in [2.24, 2.45) is 0 Å². The van der Waals surface area contributed by atoms with Crippen molar-refractivity contribution in [1.82, 2.24) is 16.0 Å². The number of rotatable bonds is 7. The van der Waals surface area contributed by atoms with Crippen molar-refractivity contribution in [2.75, 3.05) is 26.2 Å². The molecule has 0 aromatic heterocycles. The highest BCUT2D eigenvalue weighted by Crippen LogP contribution is 2.14. The second kappa shape index (κ2) is 8.30. The number of amides is 3. The van der Waals surface area contributed by atoms with Gasteiger partial charge in [0.05, 0.1) is 12.6 Å². The quantitative estimate of drug-likeness (QED) is 0.477. The summed E-state index contributed by atoms with van der Waals surface area (Å²) in [4.78, 5) is 32.6. The lowest BCUT2D eigenvalue weighted by molar-refractivity contribution is -0.137. The highest BCUT2D eigenvalue weighted by Gasteiger charge is 2.15. The van der Waals surface area contributed by atoms with Gasteiger partial charge in [-0.2, -0.15) is 0 Å². The number of ether oxygens (including phenoxy) is 1. The van der Waals surface area contributed by atoms with Gasteiger partial charge in [-0.25, -0.2) is 4.79 Å². The van der Waals surface area contributed by atoms with Crippen LogP contribution in [0.15, 0.2) is 0 Å². The summed E-state index contributed by atoms with van der Waals surface area (Å²) in [5.74, 6) is -1.67. The molecule has 1 aliphatic heterocycles. The van der Waals surface area contributed by atoms with E-state index in [-0.39, 0.29) is 12.6 Å². The largest absolute Gasteiger partial charge is 0.480 e. The maximum Gasteiger partial charge on any atom is 0.322 e. The lowest BCUT2D eigenvalue weighted by atomic mass is 10.2. The first-order chi connectivity index (χ1) is 9.08. The van der Waals surface area contributed by atoms with Crippen molar-refractivity contribution in [3.63, 3.8) is 0 Å². The van der Waals surface area contributed by atoms with Gasteiger partial charge in [-0.1, -0.05) is 0 Å². The monoisotopic (exact) mass is 273 g/mol. The molecule has 1 saturated heterocycles. The molecule has 8 nitrogen and oxygen atoms in total. The molecule has 1 aliphatic rings. The van der Waals surface area contributed by atoms with Crippen LogP contribution in [-0.4, -0.2) is 55.4 Å². The molecule has 0 bridgehead atoms. The molecule has 4 N–H and O–H groups in total. The number of aliphatic carboxylic acids is 1. The molecule has 1 fully saturated rings. The molecule has 0 spiro atoms. The van der Waals surface area contributed by atoms with Crippen LogP contribution in [0, 0.1) is 0 Å². The smallest absolute Gasteiger partial charge is 0.322 e. The van der Waals surface area contributed by atoms with Gasteiger partial charge in [-0.3, -0.25) is 9.59 Å². The van der Waals surface area contributed by atoms with E-state index in [0.717, 1.165) is 25.9 Å². The van der Waals surface area contributed by atoms with Gasteiger partial charge >= 0.3 is 12.0 Å². The van der Waals surface area contributed by atoms with Crippen LogP contribution in [0.2, 0.25) is 0 Å². The summed E-state index contributed by atoms with van der Waals surface area (Å²) in [6, 6.07) is -0.455. The zero-order valence-electron chi connectivity index (χ0n) is 10.6. The number of carbonyl (C=O) groups excluding carboxylic acids is 2. The molecule has 19 heavy (non-hydrogen) atoms. The molecule has 1 heterocycles. The van der Waals surface area contributed by atoms with Crippen molar-refractivity contribution < 1.29 is 24.2 Å². The highest BCUT2D eigenvalue weighted by atomic mass is 16.5. The van der Waals surface area contributed by atoms with Crippen LogP contribution in [0.5, 0.6) is 0 Å². The third-order valence-electron chi connectivity index (χ3n) is 2.62. The zero-order chi connectivity index (χ0) is 14.1. The molecule has 1 unspecified atom stereocenters. The van der Waals surface area contributed by atoms with Gasteiger partial charge in [0, 0.05) is 13.2 Å². The van der Waals surface area contributed by atoms with E-state index in [4.69, 9.17) is 9.84 Å². The number of carboxylic acid groups (broad SMARTS) is 1. The summed E-state index contributed by atoms with van der Waals surface area (Å²) in [5.41, 5.74) is 0. The highest BCUT2D eigenvalue weighted by molar-refractivity contribution is 5.86. The van der Waals surface area contributed by atoms with E-state index in [2.05, 4.69) is 16.0 Å². The Bertz CT molecular complexity index is 328. The number of nitrogens with one attached hydrogen (secondary N) is 3. The molecule has 1 atom stereocenters. The Morgan fingerprint density at radius 2 is 1.95 bits per heavy atom. The predicted molar refractivity (Wildman–Crippen MR) is 65.6 cm³/mol. The van der Waals surface area contributed by atoms with Crippen molar-refractivity contribution in [2.45, 2.75) is 25.4 Å². The SMILES string of the molecule is O=C(O)CNC(=O)CNC(=O)NCCC1CCCO1. The topological polar surface area (TPSA) is 117 Å². The molecular formula is C11H19N3O5. The maximum atomic E-state index is 11.3. The molecule has 1 rings (SSSR count). The van der Waals surface area contributed by atoms with Crippen LogP contribution in [0.25, 0.3) is 0 Å². The molecule has 0 saturated carbocycles. The van der Waals surface area contributed by atoms with Crippen molar-refractivity contribution in [3.8, 4) is 0 Å². The maximum absolute atomic E-state index is 11.3. The van der Waals surface area contributed by atoms with E-state index in [0.29, 0.717) is 6.54 Å². The third kappa shape index (κ3) is 7.24. The van der Waals surface area contributed by atoms with Gasteiger partial charge in [-0.05, 0) is 19.3 Å². The summed E-state index contributed by atoms with van der Waals surface area (Å²) in [5, 5.41) is 15.4. The summed E-state index contributed by atoms with van der Waals surface area (Å²) in [6.07, 6.45) is 3.03. The predicted octanol–water partition coefficient (Wildman–Crippen LogP) is -0.944. The average Bonchev–Trinajstić information content (AvgIpc) is 2.87. The van der Waals surface area contributed by atoms with Crippen molar-refractivity contribution in [1.29, 1.82) is 0 Å². The molecule has 0 aliphatic carbocycles. The molecule has 0 aromatic rings. The lowest BCUT2D eigenvalue weighted by Crippen LogP contribution is -2.43. The van der Waals surface area contributed by atoms with E-state index < -0.39 is 24.5 Å². The van der Waals surface area contributed by atoms with Crippen LogP contribution in [0.4, 0.5) is 4.79 Å². The van der Waals surface area contributed by atoms with E-state index in [1.165, 1.54) is 0 Å². The second-order valence-corrected chi connectivity index (χ2v) is 4.20. The molecule has 8 heteroatoms. The summed E-state index contributed by atoms with van der Waals surface area (Å²) < 4.78 is 5.40. The third-order valence-corrected chi connectivity index (χ3v) is 2.62. The van der Waals surface area contributed by atoms with Crippen LogP contribution in [0.3, 0.4) is 0 Å². The fourth-order valence-electron chi connectivity index (χ4n) is 1.68. The summed E-state index contributed by atoms with van der Waals surface area (Å²) in [6.45, 7) is 0.550. The Balaban J connectivity index is 2.00. The standard InChI is InChI=1S/C11H19N3O5/c15-9(13-7-10(16)17)6-14-11(18)12-4-3-8-2-1-5-19-8/h8H,1-7H2,(H,13,15)(H,16,17)(H2,12,14,18). The number of urea groups is 1. The average molecular weight is 273 g/mol. The minimum absolute atomic E-state index is 0.208. The van der Waals surface area contributed by atoms with Crippen LogP contribution < -0.4 is 16.0 Å². The Morgan fingerprint density at radius 3 is 2.58 bits per heavy atom. The summed E-state index contributed by atoms with van der Waals surface area (Å²) in [7, 11) is 0. The minimum Gasteiger partial charge on any atom is -0.480 e. The van der Waals surface area contributed by atoms with Gasteiger partial charge in [-0.15, -0.1) is 0 Å². The van der Waals surface area contributed by atoms with E-state index in [9.17, 15) is 14.4 Å². The normalized spacial score (nSPS) is 17.8. The Morgan fingerprint density at radius 1 is 1.16 bits per heavy atom. The number of hydrogen-bond donors (Lipinski definition) is 4. The Kier molecular flexibility index (Phi) is 6.65. The number of hydrogen-bond acceptors (Lipinski definition) is 4. The van der Waals surface area contributed by atoms with Crippen LogP contribution >= 0.6 is 0 Å². The van der Waals surface area contributed by atoms with Gasteiger partial charge in [0.1, 0.15) is 6.54 Å². The fourth-order valence-corrected chi connectivity index (χ4v) is 1.68. The van der Waals surface area contributed by atoms with Crippen molar-refractivity contribution >= 4 is 17.9 Å². The first-order valence-corrected chi connectivity index (χ1v) is 6.19. The minimum atomic E-state index is -1.13. The molecular weight excluding hydrogens is 254 g/mol. The molecule has 0 radical (unpaired) electrons. The molecule has 3 amide bonds. The van der Waals surface area contributed by atoms with Gasteiger partial charge in [0.25, 0.3) is 0 Å². The number of carbonyl (C=O) groups is 3. The first kappa shape index (κ1) is 15.2. The van der Waals surface area contributed by atoms with Gasteiger partial charge in [0.2, 0.25) is 5.91 Å². The van der Waals surface area contributed by atoms with E-state index in [1.807, 2.05) is 0 Å². The second-order valence-electron chi connectivity index (χ2n) is 4.20.